The van der Waals surface area contributed by atoms with Gasteiger partial charge in [0.15, 0.2) is 0 Å². The van der Waals surface area contributed by atoms with Crippen LogP contribution in [0.3, 0.4) is 0 Å². The van der Waals surface area contributed by atoms with Gasteiger partial charge in [0.05, 0.1) is 0 Å². The van der Waals surface area contributed by atoms with Crippen molar-refractivity contribution in [3.63, 3.8) is 0 Å². The molecule has 4 rings (SSSR count). The summed E-state index contributed by atoms with van der Waals surface area (Å²) in [5.41, 5.74) is 16.7. The number of hydrogen-bond donors (Lipinski definition) is 0. The molecule has 0 N–H and O–H groups in total. The number of unbranched alkanes of at least 4 members (excludes halogenated alkanes) is 2. The van der Waals surface area contributed by atoms with Gasteiger partial charge in [-0.05, 0) is 98.1 Å². The molecule has 0 aromatic carbocycles. The average molecular weight is 525 g/mol. The molecule has 0 spiro atoms. The van der Waals surface area contributed by atoms with Gasteiger partial charge in [0.2, 0.25) is 0 Å². The molecule has 4 aromatic rings. The topological polar surface area (TPSA) is 97.5 Å². The fourth-order valence-electron chi connectivity index (χ4n) is 3.55. The zero-order valence-corrected chi connectivity index (χ0v) is 21.9. The van der Waals surface area contributed by atoms with Gasteiger partial charge in [0.1, 0.15) is 0 Å². The van der Waals surface area contributed by atoms with Crippen LogP contribution in [0.25, 0.3) is 50.1 Å². The van der Waals surface area contributed by atoms with Gasteiger partial charge in [0.25, 0.3) is 0 Å². The molecule has 4 aromatic heterocycles. The van der Waals surface area contributed by atoms with Gasteiger partial charge in [0, 0.05) is 61.9 Å². The molecule has 0 radical (unpaired) electrons. The fourth-order valence-corrected chi connectivity index (χ4v) is 7.93. The molecule has 0 aliphatic heterocycles. The lowest BCUT2D eigenvalue weighted by molar-refractivity contribution is 0.748. The summed E-state index contributed by atoms with van der Waals surface area (Å²) >= 11 is 7.43. The first-order valence-electron chi connectivity index (χ1n) is 11.2. The third-order valence-corrected chi connectivity index (χ3v) is 10.3. The lowest BCUT2D eigenvalue weighted by atomic mass is 10.2. The van der Waals surface area contributed by atoms with Crippen molar-refractivity contribution < 1.29 is 0 Å². The van der Waals surface area contributed by atoms with Crippen LogP contribution >= 0.6 is 45.3 Å². The second kappa shape index (κ2) is 12.8. The van der Waals surface area contributed by atoms with E-state index in [1.807, 2.05) is 45.3 Å². The maximum Gasteiger partial charge on any atom is 0.0449 e. The molecule has 0 saturated heterocycles. The largest absolute Gasteiger partial charge is 0.139 e. The van der Waals surface area contributed by atoms with E-state index < -0.39 is 0 Å². The fraction of sp³-hybridized carbons (Fsp3) is 0.333. The van der Waals surface area contributed by atoms with E-state index in [1.54, 1.807) is 0 Å². The Morgan fingerprint density at radius 1 is 0.500 bits per heavy atom. The number of hydrogen-bond acceptors (Lipinski definition) is 6. The summed E-state index contributed by atoms with van der Waals surface area (Å²) in [5.74, 6) is 0. The SMILES string of the molecule is [N-]=[N+]=NCCCCc1ccc(-c2ccc(-c3ccc(-c4ccc(CCCCN=[N+]=[N-])s4)s3)s2)s1. The Balaban J connectivity index is 1.35. The van der Waals surface area contributed by atoms with Crippen molar-refractivity contribution in [2.45, 2.75) is 38.5 Å². The van der Waals surface area contributed by atoms with Gasteiger partial charge in [-0.2, -0.15) is 0 Å². The second-order valence-electron chi connectivity index (χ2n) is 7.68. The van der Waals surface area contributed by atoms with E-state index in [1.165, 1.54) is 39.0 Å². The zero-order valence-electron chi connectivity index (χ0n) is 18.6. The Hall–Kier alpha value is -2.58. The van der Waals surface area contributed by atoms with Crippen LogP contribution < -0.4 is 0 Å². The minimum Gasteiger partial charge on any atom is -0.139 e. The van der Waals surface area contributed by atoms with E-state index in [-0.39, 0.29) is 0 Å². The zero-order chi connectivity index (χ0) is 23.6. The summed E-state index contributed by atoms with van der Waals surface area (Å²) in [6.07, 6.45) is 6.04. The number of azide groups is 2. The summed E-state index contributed by atoms with van der Waals surface area (Å²) in [4.78, 5) is 16.3. The molecule has 10 heteroatoms. The lowest BCUT2D eigenvalue weighted by Crippen LogP contribution is -1.83. The predicted molar refractivity (Wildman–Crippen MR) is 148 cm³/mol. The average Bonchev–Trinajstić information content (AvgIpc) is 3.64. The molecule has 174 valence electrons. The van der Waals surface area contributed by atoms with E-state index in [0.29, 0.717) is 13.1 Å². The van der Waals surface area contributed by atoms with Gasteiger partial charge in [-0.1, -0.05) is 10.2 Å². The van der Waals surface area contributed by atoms with E-state index in [2.05, 4.69) is 68.6 Å². The van der Waals surface area contributed by atoms with E-state index in [0.717, 1.165) is 38.5 Å². The maximum atomic E-state index is 8.36. The Kier molecular flexibility index (Phi) is 9.21. The monoisotopic (exact) mass is 524 g/mol. The summed E-state index contributed by atoms with van der Waals surface area (Å²) in [6.45, 7) is 1.16. The normalized spacial score (nSPS) is 10.7. The molecule has 0 fully saturated rings. The Morgan fingerprint density at radius 3 is 1.24 bits per heavy atom. The molecule has 0 bridgehead atoms. The van der Waals surface area contributed by atoms with Crippen molar-refractivity contribution in [1.82, 2.24) is 0 Å². The smallest absolute Gasteiger partial charge is 0.0449 e. The molecule has 34 heavy (non-hydrogen) atoms. The van der Waals surface area contributed by atoms with Crippen LogP contribution in [0.1, 0.15) is 35.4 Å². The Labute approximate surface area is 214 Å². The Morgan fingerprint density at radius 2 is 0.853 bits per heavy atom. The van der Waals surface area contributed by atoms with Crippen molar-refractivity contribution in [3.8, 4) is 29.3 Å². The summed E-state index contributed by atoms with van der Waals surface area (Å²) in [7, 11) is 0. The summed E-state index contributed by atoms with van der Waals surface area (Å²) in [5, 5.41) is 7.21. The molecule has 0 aliphatic rings. The van der Waals surface area contributed by atoms with Gasteiger partial charge >= 0.3 is 0 Å². The minimum atomic E-state index is 0.581. The van der Waals surface area contributed by atoms with Gasteiger partial charge in [-0.3, -0.25) is 0 Å². The Bertz CT molecular complexity index is 1200. The molecule has 0 unspecified atom stereocenters. The first kappa shape index (κ1) is 24.5. The van der Waals surface area contributed by atoms with Crippen LogP contribution in [0.5, 0.6) is 0 Å². The van der Waals surface area contributed by atoms with Crippen molar-refractivity contribution in [2.75, 3.05) is 13.1 Å². The molecule has 0 saturated carbocycles. The molecular formula is C24H24N6S4. The molecular weight excluding hydrogens is 501 g/mol. The number of nitrogens with zero attached hydrogens (tertiary/aromatic N) is 6. The second-order valence-corrected chi connectivity index (χ2v) is 12.2. The van der Waals surface area contributed by atoms with Crippen molar-refractivity contribution in [2.24, 2.45) is 10.2 Å². The summed E-state index contributed by atoms with van der Waals surface area (Å²) < 4.78 is 0. The molecule has 6 nitrogen and oxygen atoms in total. The highest BCUT2D eigenvalue weighted by Gasteiger charge is 2.12. The molecule has 0 aliphatic carbocycles. The molecule has 4 heterocycles. The quantitative estimate of drug-likeness (QED) is 0.0719. The van der Waals surface area contributed by atoms with E-state index in [9.17, 15) is 0 Å². The maximum absolute atomic E-state index is 8.36. The van der Waals surface area contributed by atoms with E-state index in [4.69, 9.17) is 11.1 Å². The van der Waals surface area contributed by atoms with Crippen LogP contribution in [-0.2, 0) is 12.8 Å². The third-order valence-electron chi connectivity index (χ3n) is 5.25. The van der Waals surface area contributed by atoms with Crippen molar-refractivity contribution in [1.29, 1.82) is 0 Å². The van der Waals surface area contributed by atoms with Crippen LogP contribution in [0, 0.1) is 0 Å². The number of aryl methyl sites for hydroxylation is 2. The van der Waals surface area contributed by atoms with Gasteiger partial charge in [-0.25, -0.2) is 0 Å². The van der Waals surface area contributed by atoms with Crippen LogP contribution in [0.2, 0.25) is 0 Å². The van der Waals surface area contributed by atoms with Crippen LogP contribution in [-0.4, -0.2) is 13.1 Å². The summed E-state index contributed by atoms with van der Waals surface area (Å²) in [6, 6.07) is 17.8. The van der Waals surface area contributed by atoms with Gasteiger partial charge < -0.3 is 0 Å². The third kappa shape index (κ3) is 6.73. The number of rotatable bonds is 13. The lowest BCUT2D eigenvalue weighted by Gasteiger charge is -1.95. The van der Waals surface area contributed by atoms with Crippen LogP contribution in [0.15, 0.2) is 58.8 Å². The number of thiophene rings is 4. The molecule has 0 amide bonds. The van der Waals surface area contributed by atoms with Crippen molar-refractivity contribution >= 4 is 45.3 Å². The first-order valence-corrected chi connectivity index (χ1v) is 14.4. The minimum absolute atomic E-state index is 0.581. The highest BCUT2D eigenvalue weighted by molar-refractivity contribution is 7.28. The van der Waals surface area contributed by atoms with Crippen molar-refractivity contribution in [3.05, 3.63) is 79.2 Å². The van der Waals surface area contributed by atoms with E-state index >= 15 is 0 Å². The molecule has 0 atom stereocenters. The highest BCUT2D eigenvalue weighted by Crippen LogP contribution is 2.43. The predicted octanol–water partition coefficient (Wildman–Crippen LogP) is 10.2. The first-order chi connectivity index (χ1) is 16.8. The highest BCUT2D eigenvalue weighted by atomic mass is 32.1. The standard InChI is InChI=1S/C24H24N6S4/c25-29-27-15-3-1-5-17-7-9-19(31-17)21-11-13-23(33-21)24-14-12-22(34-24)20-10-8-18(32-20)6-2-4-16-28-30-26/h7-14H,1-6,15-16H2. The van der Waals surface area contributed by atoms with Gasteiger partial charge in [-0.15, -0.1) is 45.3 Å². The van der Waals surface area contributed by atoms with Crippen LogP contribution in [0.4, 0.5) is 0 Å².